The third-order valence-corrected chi connectivity index (χ3v) is 5.59. The largest absolute Gasteiger partial charge is 0.391 e. The highest BCUT2D eigenvalue weighted by molar-refractivity contribution is 5.80. The summed E-state index contributed by atoms with van der Waals surface area (Å²) >= 11 is 0. The van der Waals surface area contributed by atoms with Crippen LogP contribution in [0.4, 0.5) is 0 Å². The van der Waals surface area contributed by atoms with Crippen molar-refractivity contribution in [2.75, 3.05) is 39.3 Å². The van der Waals surface area contributed by atoms with Crippen molar-refractivity contribution in [1.29, 1.82) is 0 Å². The molecule has 2 N–H and O–H groups in total. The fourth-order valence-corrected chi connectivity index (χ4v) is 4.22. The highest BCUT2D eigenvalue weighted by Crippen LogP contribution is 2.41. The molecule has 1 aromatic rings. The fourth-order valence-electron chi connectivity index (χ4n) is 4.22. The van der Waals surface area contributed by atoms with Crippen LogP contribution >= 0.6 is 0 Å². The van der Waals surface area contributed by atoms with Crippen molar-refractivity contribution in [3.63, 3.8) is 0 Å². The van der Waals surface area contributed by atoms with Gasteiger partial charge in [-0.15, -0.1) is 0 Å². The summed E-state index contributed by atoms with van der Waals surface area (Å²) in [6, 6.07) is 10.5. The van der Waals surface area contributed by atoms with E-state index in [1.165, 1.54) is 5.56 Å². The van der Waals surface area contributed by atoms with Crippen molar-refractivity contribution in [2.24, 2.45) is 0 Å². The van der Waals surface area contributed by atoms with Gasteiger partial charge in [0.15, 0.2) is 5.72 Å². The molecule has 0 radical (unpaired) electrons. The predicted octanol–water partition coefficient (Wildman–Crippen LogP) is 0.172. The smallest absolute Gasteiger partial charge is 0.238 e. The van der Waals surface area contributed by atoms with E-state index >= 15 is 0 Å². The monoisotopic (exact) mass is 331 g/mol. The summed E-state index contributed by atoms with van der Waals surface area (Å²) in [5, 5.41) is 12.9. The Balaban J connectivity index is 1.43. The summed E-state index contributed by atoms with van der Waals surface area (Å²) in [5.41, 5.74) is 0.151. The minimum absolute atomic E-state index is 0.0268. The number of ether oxygens (including phenoxy) is 1. The molecule has 0 aromatic heterocycles. The van der Waals surface area contributed by atoms with Crippen molar-refractivity contribution >= 4 is 5.91 Å². The summed E-state index contributed by atoms with van der Waals surface area (Å²) in [6.07, 6.45) is 1.79. The van der Waals surface area contributed by atoms with Gasteiger partial charge < -0.3 is 20.1 Å². The molecule has 1 aromatic carbocycles. The number of aliphatic hydroxyl groups excluding tert-OH is 1. The Morgan fingerprint density at radius 3 is 2.62 bits per heavy atom. The third kappa shape index (κ3) is 2.73. The van der Waals surface area contributed by atoms with Crippen molar-refractivity contribution in [3.05, 3.63) is 35.9 Å². The van der Waals surface area contributed by atoms with Gasteiger partial charge in [0.2, 0.25) is 5.91 Å². The minimum Gasteiger partial charge on any atom is -0.391 e. The van der Waals surface area contributed by atoms with Crippen LogP contribution in [0, 0.1) is 0 Å². The van der Waals surface area contributed by atoms with Gasteiger partial charge in [-0.1, -0.05) is 30.3 Å². The van der Waals surface area contributed by atoms with Crippen LogP contribution in [-0.2, 0) is 16.1 Å². The number of piperazine rings is 1. The summed E-state index contributed by atoms with van der Waals surface area (Å²) in [7, 11) is 0. The first-order valence-corrected chi connectivity index (χ1v) is 8.73. The number of carbonyl (C=O) groups excluding carboxylic acids is 1. The number of fused-ring (bicyclic) bond motifs is 1. The summed E-state index contributed by atoms with van der Waals surface area (Å²) in [5.74, 6) is 0.0268. The second-order valence-electron chi connectivity index (χ2n) is 7.23. The van der Waals surface area contributed by atoms with Gasteiger partial charge in [-0.2, -0.15) is 0 Å². The van der Waals surface area contributed by atoms with E-state index in [1.54, 1.807) is 4.90 Å². The van der Waals surface area contributed by atoms with Gasteiger partial charge in [-0.25, -0.2) is 0 Å². The first-order chi connectivity index (χ1) is 11.6. The van der Waals surface area contributed by atoms with E-state index in [9.17, 15) is 9.90 Å². The Hall–Kier alpha value is -1.47. The van der Waals surface area contributed by atoms with Gasteiger partial charge in [0, 0.05) is 26.2 Å². The van der Waals surface area contributed by atoms with Gasteiger partial charge in [-0.3, -0.25) is 9.69 Å². The van der Waals surface area contributed by atoms with Crippen LogP contribution in [-0.4, -0.2) is 71.5 Å². The van der Waals surface area contributed by atoms with Crippen molar-refractivity contribution in [2.45, 2.75) is 30.7 Å². The normalized spacial score (nSPS) is 29.9. The molecule has 4 rings (SSSR count). The van der Waals surface area contributed by atoms with Gasteiger partial charge in [-0.05, 0) is 18.4 Å². The Kier molecular flexibility index (Phi) is 4.08. The van der Waals surface area contributed by atoms with Crippen LogP contribution in [0.3, 0.4) is 0 Å². The summed E-state index contributed by atoms with van der Waals surface area (Å²) in [4.78, 5) is 16.4. The molecule has 3 heterocycles. The van der Waals surface area contributed by atoms with Crippen molar-refractivity contribution in [3.8, 4) is 0 Å². The SMILES string of the molecule is O=C1CNCC2(CO)OC3(CCN(Cc4ccccc4)CC3)CN12. The lowest BCUT2D eigenvalue weighted by molar-refractivity contribution is -0.186. The molecule has 130 valence electrons. The molecule has 3 saturated heterocycles. The molecule has 0 bridgehead atoms. The number of amides is 1. The average Bonchev–Trinajstić information content (AvgIpc) is 2.94. The number of carbonyl (C=O) groups is 1. The first kappa shape index (κ1) is 16.0. The van der Waals surface area contributed by atoms with Crippen LogP contribution in [0.5, 0.6) is 0 Å². The Morgan fingerprint density at radius 2 is 1.96 bits per heavy atom. The lowest BCUT2D eigenvalue weighted by Gasteiger charge is -2.41. The second-order valence-corrected chi connectivity index (χ2v) is 7.23. The molecule has 1 amide bonds. The molecule has 24 heavy (non-hydrogen) atoms. The van der Waals surface area contributed by atoms with Crippen LogP contribution in [0.2, 0.25) is 0 Å². The summed E-state index contributed by atoms with van der Waals surface area (Å²) < 4.78 is 6.37. The number of aliphatic hydroxyl groups is 1. The maximum Gasteiger partial charge on any atom is 0.238 e. The molecule has 1 spiro atoms. The molecule has 3 fully saturated rings. The number of rotatable bonds is 3. The van der Waals surface area contributed by atoms with Crippen molar-refractivity contribution < 1.29 is 14.6 Å². The zero-order valence-corrected chi connectivity index (χ0v) is 13.9. The number of hydrogen-bond donors (Lipinski definition) is 2. The zero-order chi connectivity index (χ0) is 16.6. The molecule has 1 unspecified atom stereocenters. The topological polar surface area (TPSA) is 65.0 Å². The maximum absolute atomic E-state index is 12.2. The number of piperidine rings is 1. The maximum atomic E-state index is 12.2. The Bertz CT molecular complexity index is 601. The lowest BCUT2D eigenvalue weighted by atomic mass is 9.91. The van der Waals surface area contributed by atoms with E-state index in [-0.39, 0.29) is 18.1 Å². The highest BCUT2D eigenvalue weighted by atomic mass is 16.6. The first-order valence-electron chi connectivity index (χ1n) is 8.73. The predicted molar refractivity (Wildman–Crippen MR) is 89.2 cm³/mol. The quantitative estimate of drug-likeness (QED) is 0.827. The van der Waals surface area contributed by atoms with Crippen LogP contribution in [0.25, 0.3) is 0 Å². The zero-order valence-electron chi connectivity index (χ0n) is 13.9. The summed E-state index contributed by atoms with van der Waals surface area (Å²) in [6.45, 7) is 4.14. The van der Waals surface area contributed by atoms with E-state index < -0.39 is 5.72 Å². The van der Waals surface area contributed by atoms with E-state index in [1.807, 2.05) is 6.07 Å². The Labute approximate surface area is 142 Å². The van der Waals surface area contributed by atoms with E-state index in [0.29, 0.717) is 19.6 Å². The second kappa shape index (κ2) is 6.11. The van der Waals surface area contributed by atoms with Gasteiger partial charge in [0.05, 0.1) is 25.3 Å². The Morgan fingerprint density at radius 1 is 1.21 bits per heavy atom. The number of benzene rings is 1. The van der Waals surface area contributed by atoms with Gasteiger partial charge >= 0.3 is 0 Å². The molecule has 3 aliphatic rings. The molecule has 0 aliphatic carbocycles. The van der Waals surface area contributed by atoms with Crippen LogP contribution in [0.15, 0.2) is 30.3 Å². The number of nitrogens with zero attached hydrogens (tertiary/aromatic N) is 2. The average molecular weight is 331 g/mol. The van der Waals surface area contributed by atoms with Gasteiger partial charge in [0.1, 0.15) is 0 Å². The standard InChI is InChI=1S/C18H25N3O3/c22-14-18-12-19-10-16(23)21(18)13-17(24-18)6-8-20(9-7-17)11-15-4-2-1-3-5-15/h1-5,19,22H,6-14H2. The minimum atomic E-state index is -0.864. The number of likely N-dealkylation sites (tertiary alicyclic amines) is 1. The molecule has 3 aliphatic heterocycles. The molecule has 6 heteroatoms. The highest BCUT2D eigenvalue weighted by Gasteiger charge is 2.57. The number of hydrogen-bond acceptors (Lipinski definition) is 5. The molecule has 0 saturated carbocycles. The molecule has 6 nitrogen and oxygen atoms in total. The van der Waals surface area contributed by atoms with E-state index in [2.05, 4.69) is 34.5 Å². The fraction of sp³-hybridized carbons (Fsp3) is 0.611. The van der Waals surface area contributed by atoms with E-state index in [4.69, 9.17) is 4.74 Å². The molecular formula is C18H25N3O3. The van der Waals surface area contributed by atoms with Crippen LogP contribution < -0.4 is 5.32 Å². The van der Waals surface area contributed by atoms with Crippen molar-refractivity contribution in [1.82, 2.24) is 15.1 Å². The van der Waals surface area contributed by atoms with Gasteiger partial charge in [0.25, 0.3) is 0 Å². The number of nitrogens with one attached hydrogen (secondary N) is 1. The lowest BCUT2D eigenvalue weighted by Crippen LogP contribution is -2.63. The van der Waals surface area contributed by atoms with E-state index in [0.717, 1.165) is 32.5 Å². The molecular weight excluding hydrogens is 306 g/mol. The third-order valence-electron chi connectivity index (χ3n) is 5.59. The molecule has 1 atom stereocenters. The van der Waals surface area contributed by atoms with Crippen LogP contribution in [0.1, 0.15) is 18.4 Å².